The van der Waals surface area contributed by atoms with Crippen molar-refractivity contribution in [2.75, 3.05) is 18.6 Å². The van der Waals surface area contributed by atoms with Gasteiger partial charge in [-0.05, 0) is 18.1 Å². The van der Waals surface area contributed by atoms with Crippen molar-refractivity contribution in [3.63, 3.8) is 0 Å². The normalized spacial score (nSPS) is 20.1. The summed E-state index contributed by atoms with van der Waals surface area (Å²) in [6, 6.07) is 5.30. The van der Waals surface area contributed by atoms with Crippen molar-refractivity contribution in [1.29, 1.82) is 0 Å². The topological polar surface area (TPSA) is 89.9 Å². The number of nitrogens with zero attached hydrogens (tertiary/aromatic N) is 2. The smallest absolute Gasteiger partial charge is 0.415 e. The molecule has 2 atom stereocenters. The number of carbonyl (C=O) groups excluding carboxylic acids is 2. The van der Waals surface area contributed by atoms with Crippen LogP contribution in [0.2, 0.25) is 0 Å². The molecule has 0 aliphatic carbocycles. The molecule has 2 aromatic rings. The lowest BCUT2D eigenvalue weighted by Gasteiger charge is -2.16. The van der Waals surface area contributed by atoms with Crippen LogP contribution in [0.5, 0.6) is 0 Å². The molecule has 0 radical (unpaired) electrons. The van der Waals surface area contributed by atoms with Gasteiger partial charge in [-0.15, -0.1) is 0 Å². The maximum Gasteiger partial charge on any atom is 0.415 e. The van der Waals surface area contributed by atoms with E-state index in [1.165, 1.54) is 47.2 Å². The van der Waals surface area contributed by atoms with Crippen LogP contribution in [0.25, 0.3) is 5.69 Å². The molecule has 140 valence electrons. The van der Waals surface area contributed by atoms with Crippen LogP contribution in [0.15, 0.2) is 41.5 Å². The van der Waals surface area contributed by atoms with Gasteiger partial charge < -0.3 is 19.4 Å². The minimum absolute atomic E-state index is 0.0998. The Bertz CT molecular complexity index is 969. The first-order chi connectivity index (χ1) is 13.0. The van der Waals surface area contributed by atoms with Crippen molar-refractivity contribution in [3.05, 3.63) is 58.3 Å². The molecule has 0 saturated carbocycles. The summed E-state index contributed by atoms with van der Waals surface area (Å²) in [6.07, 6.45) is 1.67. The van der Waals surface area contributed by atoms with Gasteiger partial charge in [0.25, 0.3) is 0 Å². The summed E-state index contributed by atoms with van der Waals surface area (Å²) in [6.45, 7) is 0.0998. The van der Waals surface area contributed by atoms with Crippen LogP contribution < -0.4 is 15.6 Å². The maximum absolute atomic E-state index is 14.7. The molecule has 27 heavy (non-hydrogen) atoms. The van der Waals surface area contributed by atoms with Crippen molar-refractivity contribution in [2.45, 2.75) is 18.6 Å². The van der Waals surface area contributed by atoms with Crippen molar-refractivity contribution in [3.8, 4) is 5.69 Å². The van der Waals surface area contributed by atoms with Gasteiger partial charge in [-0.25, -0.2) is 14.0 Å². The first-order valence-corrected chi connectivity index (χ1v) is 8.30. The monoisotopic (exact) mass is 373 g/mol. The summed E-state index contributed by atoms with van der Waals surface area (Å²) in [5.41, 5.74) is 1.35. The Labute approximate surface area is 153 Å². The van der Waals surface area contributed by atoms with Crippen molar-refractivity contribution >= 4 is 17.9 Å². The predicted octanol–water partition coefficient (Wildman–Crippen LogP) is 1.58. The Kier molecular flexibility index (Phi) is 4.06. The summed E-state index contributed by atoms with van der Waals surface area (Å²) in [5.74, 6) is -0.526. The van der Waals surface area contributed by atoms with E-state index in [0.717, 1.165) is 5.56 Å². The fraction of sp³-hybridized carbons (Fsp3) is 0.278. The summed E-state index contributed by atoms with van der Waals surface area (Å²) in [4.78, 5) is 36.2. The zero-order valence-corrected chi connectivity index (χ0v) is 14.3. The van der Waals surface area contributed by atoms with Gasteiger partial charge in [-0.2, -0.15) is 0 Å². The van der Waals surface area contributed by atoms with Gasteiger partial charge in [-0.1, -0.05) is 0 Å². The van der Waals surface area contributed by atoms with Gasteiger partial charge in [0.2, 0.25) is 0 Å². The molecule has 1 fully saturated rings. The number of carbonyl (C=O) groups is 2. The second-order valence-corrected chi connectivity index (χ2v) is 6.31. The number of methoxy groups -OCH3 is 1. The largest absolute Gasteiger partial charge is 0.453 e. The molecule has 0 unspecified atom stereocenters. The Morgan fingerprint density at radius 2 is 2.04 bits per heavy atom. The number of fused-ring (bicyclic) bond motifs is 3. The molecule has 1 N–H and O–H groups in total. The van der Waals surface area contributed by atoms with E-state index in [4.69, 9.17) is 4.74 Å². The lowest BCUT2D eigenvalue weighted by atomic mass is 10.0. The molecule has 1 saturated heterocycles. The average Bonchev–Trinajstić information content (AvgIpc) is 3.17. The highest BCUT2D eigenvalue weighted by Gasteiger charge is 2.47. The number of hydrogen-bond donors (Lipinski definition) is 1. The fourth-order valence-electron chi connectivity index (χ4n) is 3.48. The fourth-order valence-corrected chi connectivity index (χ4v) is 3.48. The van der Waals surface area contributed by atoms with Gasteiger partial charge in [0.05, 0.1) is 31.1 Å². The van der Waals surface area contributed by atoms with Crippen LogP contribution in [-0.4, -0.2) is 42.6 Å². The number of halogens is 1. The van der Waals surface area contributed by atoms with E-state index in [9.17, 15) is 18.8 Å². The van der Waals surface area contributed by atoms with Crippen LogP contribution in [0.3, 0.4) is 0 Å². The van der Waals surface area contributed by atoms with E-state index in [-0.39, 0.29) is 23.7 Å². The van der Waals surface area contributed by atoms with Crippen molar-refractivity contribution in [1.82, 2.24) is 9.88 Å². The Morgan fingerprint density at radius 1 is 1.30 bits per heavy atom. The van der Waals surface area contributed by atoms with Crippen LogP contribution in [0, 0.1) is 5.82 Å². The molecule has 9 heteroatoms. The van der Waals surface area contributed by atoms with Gasteiger partial charge in [0.1, 0.15) is 11.9 Å². The highest BCUT2D eigenvalue weighted by molar-refractivity contribution is 5.94. The first-order valence-electron chi connectivity index (χ1n) is 8.30. The molecule has 0 spiro atoms. The molecule has 3 heterocycles. The molecule has 1 aromatic carbocycles. The number of ether oxygens (including phenoxy) is 2. The molecule has 0 bridgehead atoms. The SMILES string of the molecule is COC(=O)NC[C@@H]1OC(=O)N2c3cc(F)c(-n4ccc(=O)cc4)cc3C[C@@H]12. The lowest BCUT2D eigenvalue weighted by molar-refractivity contribution is 0.123. The number of pyridine rings is 1. The number of rotatable bonds is 3. The number of amides is 2. The van der Waals surface area contributed by atoms with Crippen LogP contribution >= 0.6 is 0 Å². The third kappa shape index (κ3) is 2.90. The third-order valence-electron chi connectivity index (χ3n) is 4.76. The van der Waals surface area contributed by atoms with E-state index in [0.29, 0.717) is 12.1 Å². The number of hydrogen-bond acceptors (Lipinski definition) is 5. The molecule has 2 aliphatic heterocycles. The summed E-state index contributed by atoms with van der Waals surface area (Å²) < 4.78 is 26.0. The van der Waals surface area contributed by atoms with E-state index in [2.05, 4.69) is 10.1 Å². The van der Waals surface area contributed by atoms with Gasteiger partial charge in [0, 0.05) is 30.6 Å². The second-order valence-electron chi connectivity index (χ2n) is 6.31. The highest BCUT2D eigenvalue weighted by atomic mass is 19.1. The Balaban J connectivity index is 1.63. The predicted molar refractivity (Wildman–Crippen MR) is 92.6 cm³/mol. The molecular formula is C18H16FN3O5. The molecule has 8 nitrogen and oxygen atoms in total. The Hall–Kier alpha value is -3.36. The van der Waals surface area contributed by atoms with Crippen molar-refractivity contribution < 1.29 is 23.5 Å². The number of benzene rings is 1. The quantitative estimate of drug-likeness (QED) is 0.882. The third-order valence-corrected chi connectivity index (χ3v) is 4.76. The minimum Gasteiger partial charge on any atom is -0.453 e. The summed E-state index contributed by atoms with van der Waals surface area (Å²) in [7, 11) is 1.25. The molecule has 1 aromatic heterocycles. The number of cyclic esters (lactones) is 1. The van der Waals surface area contributed by atoms with Crippen molar-refractivity contribution in [2.24, 2.45) is 0 Å². The standard InChI is InChI=1S/C18H16FN3O5/c1-26-17(24)20-9-16-15-7-10-6-14(21-4-2-11(23)3-5-21)12(19)8-13(10)22(15)18(25)27-16/h2-6,8,15-16H,7,9H2,1H3,(H,20,24)/t15-,16-/m0/s1. The number of anilines is 1. The van der Waals surface area contributed by atoms with Crippen LogP contribution in [0.4, 0.5) is 19.7 Å². The van der Waals surface area contributed by atoms with Gasteiger partial charge in [-0.3, -0.25) is 9.69 Å². The summed E-state index contributed by atoms with van der Waals surface area (Å²) >= 11 is 0. The van der Waals surface area contributed by atoms with E-state index in [1.807, 2.05) is 0 Å². The van der Waals surface area contributed by atoms with Gasteiger partial charge >= 0.3 is 12.2 Å². The Morgan fingerprint density at radius 3 is 2.74 bits per heavy atom. The maximum atomic E-state index is 14.7. The number of alkyl carbamates (subject to hydrolysis) is 1. The molecule has 4 rings (SSSR count). The number of nitrogens with one attached hydrogen (secondary N) is 1. The van der Waals surface area contributed by atoms with Gasteiger partial charge in [0.15, 0.2) is 5.43 Å². The zero-order chi connectivity index (χ0) is 19.1. The average molecular weight is 373 g/mol. The molecule has 2 aliphatic rings. The molecule has 2 amide bonds. The second kappa shape index (κ2) is 6.42. The van der Waals surface area contributed by atoms with E-state index in [1.54, 1.807) is 6.07 Å². The minimum atomic E-state index is -0.619. The highest BCUT2D eigenvalue weighted by Crippen LogP contribution is 2.40. The van der Waals surface area contributed by atoms with Crippen LogP contribution in [0.1, 0.15) is 5.56 Å². The first kappa shape index (κ1) is 17.1. The zero-order valence-electron chi connectivity index (χ0n) is 14.3. The number of aromatic nitrogens is 1. The lowest BCUT2D eigenvalue weighted by Crippen LogP contribution is -2.40. The van der Waals surface area contributed by atoms with E-state index >= 15 is 0 Å². The molecular weight excluding hydrogens is 357 g/mol. The van der Waals surface area contributed by atoms with Crippen LogP contribution in [-0.2, 0) is 15.9 Å². The summed E-state index contributed by atoms with van der Waals surface area (Å²) in [5, 5.41) is 2.52. The van der Waals surface area contributed by atoms with E-state index < -0.39 is 24.1 Å².